The number of pyridine rings is 1. The molecule has 35 heavy (non-hydrogen) atoms. The van der Waals surface area contributed by atoms with Crippen molar-refractivity contribution in [2.24, 2.45) is 0 Å². The number of fused-ring (bicyclic) bond motifs is 1. The third-order valence-electron chi connectivity index (χ3n) is 5.27. The smallest absolute Gasteiger partial charge is 0.228 e. The number of H-pyrrole nitrogens is 1. The van der Waals surface area contributed by atoms with Crippen LogP contribution in [0.2, 0.25) is 0 Å². The molecular weight excluding hydrogens is 459 g/mol. The standard InChI is InChI=1S/C28H21FN4OS/c29-20-6-3-5-19(15-20)16-28(34)31-22-8-4-9-23(17-22)35-24-11-12-25-26(32-33-27(25)18-24)13-10-21-7-1-2-14-30-21/h1-15,17-18H,16H2,(H,31,34)(H,32,33)/b13-10+. The first kappa shape index (κ1) is 22.6. The molecule has 2 heterocycles. The minimum Gasteiger partial charge on any atom is -0.326 e. The van der Waals surface area contributed by atoms with E-state index in [1.54, 1.807) is 30.1 Å². The van der Waals surface area contributed by atoms with Crippen LogP contribution in [-0.2, 0) is 11.2 Å². The maximum absolute atomic E-state index is 13.4. The number of rotatable bonds is 7. The summed E-state index contributed by atoms with van der Waals surface area (Å²) in [6, 6.07) is 25.7. The molecule has 0 spiro atoms. The molecule has 0 saturated carbocycles. The van der Waals surface area contributed by atoms with Gasteiger partial charge in [-0.2, -0.15) is 5.10 Å². The van der Waals surface area contributed by atoms with Crippen LogP contribution in [0.1, 0.15) is 17.0 Å². The summed E-state index contributed by atoms with van der Waals surface area (Å²) in [4.78, 5) is 18.7. The summed E-state index contributed by atoms with van der Waals surface area (Å²) in [7, 11) is 0. The molecule has 0 aliphatic rings. The van der Waals surface area contributed by atoms with Crippen LogP contribution in [0.25, 0.3) is 23.1 Å². The molecule has 0 radical (unpaired) electrons. The number of aromatic nitrogens is 3. The maximum Gasteiger partial charge on any atom is 0.228 e. The maximum atomic E-state index is 13.4. The van der Waals surface area contributed by atoms with Gasteiger partial charge in [0.2, 0.25) is 5.91 Å². The molecule has 5 rings (SSSR count). The fraction of sp³-hybridized carbons (Fsp3) is 0.0357. The lowest BCUT2D eigenvalue weighted by molar-refractivity contribution is -0.115. The van der Waals surface area contributed by atoms with Crippen LogP contribution in [0.4, 0.5) is 10.1 Å². The van der Waals surface area contributed by atoms with Crippen LogP contribution in [0.15, 0.2) is 101 Å². The van der Waals surface area contributed by atoms with Gasteiger partial charge < -0.3 is 5.32 Å². The molecule has 0 unspecified atom stereocenters. The molecule has 5 aromatic rings. The third kappa shape index (κ3) is 5.83. The van der Waals surface area contributed by atoms with E-state index in [-0.39, 0.29) is 18.1 Å². The van der Waals surface area contributed by atoms with Crippen molar-refractivity contribution in [3.05, 3.63) is 114 Å². The van der Waals surface area contributed by atoms with Crippen molar-refractivity contribution in [2.45, 2.75) is 16.2 Å². The summed E-state index contributed by atoms with van der Waals surface area (Å²) >= 11 is 1.59. The first-order valence-electron chi connectivity index (χ1n) is 11.0. The molecule has 2 N–H and O–H groups in total. The number of halogens is 1. The van der Waals surface area contributed by atoms with Crippen molar-refractivity contribution in [3.8, 4) is 0 Å². The van der Waals surface area contributed by atoms with Crippen LogP contribution in [0, 0.1) is 5.82 Å². The van der Waals surface area contributed by atoms with E-state index >= 15 is 0 Å². The zero-order valence-electron chi connectivity index (χ0n) is 18.6. The number of hydrogen-bond acceptors (Lipinski definition) is 4. The fourth-order valence-corrected chi connectivity index (χ4v) is 4.58. The summed E-state index contributed by atoms with van der Waals surface area (Å²) < 4.78 is 13.4. The number of anilines is 1. The lowest BCUT2D eigenvalue weighted by atomic mass is 10.1. The average Bonchev–Trinajstić information content (AvgIpc) is 3.26. The molecule has 0 bridgehead atoms. The summed E-state index contributed by atoms with van der Waals surface area (Å²) in [6.45, 7) is 0. The van der Waals surface area contributed by atoms with Crippen LogP contribution >= 0.6 is 11.8 Å². The Hall–Kier alpha value is -4.23. The summed E-state index contributed by atoms with van der Waals surface area (Å²) in [5, 5.41) is 11.4. The highest BCUT2D eigenvalue weighted by molar-refractivity contribution is 7.99. The van der Waals surface area contributed by atoms with Crippen LogP contribution in [-0.4, -0.2) is 21.1 Å². The Bertz CT molecular complexity index is 1510. The fourth-order valence-electron chi connectivity index (χ4n) is 3.66. The van der Waals surface area contributed by atoms with E-state index in [2.05, 4.69) is 32.6 Å². The number of benzene rings is 3. The van der Waals surface area contributed by atoms with Gasteiger partial charge in [0, 0.05) is 27.1 Å². The van der Waals surface area contributed by atoms with E-state index in [0.717, 1.165) is 32.1 Å². The Balaban J connectivity index is 1.26. The van der Waals surface area contributed by atoms with Crippen molar-refractivity contribution < 1.29 is 9.18 Å². The minimum absolute atomic E-state index is 0.114. The Kier molecular flexibility index (Phi) is 6.68. The molecule has 5 nitrogen and oxygen atoms in total. The van der Waals surface area contributed by atoms with Crippen molar-refractivity contribution >= 4 is 46.4 Å². The highest BCUT2D eigenvalue weighted by atomic mass is 32.2. The third-order valence-corrected chi connectivity index (χ3v) is 6.25. The number of nitrogens with one attached hydrogen (secondary N) is 2. The quantitative estimate of drug-likeness (QED) is 0.275. The summed E-state index contributed by atoms with van der Waals surface area (Å²) in [5.74, 6) is -0.540. The Morgan fingerprint density at radius 2 is 1.83 bits per heavy atom. The monoisotopic (exact) mass is 480 g/mol. The van der Waals surface area contributed by atoms with Gasteiger partial charge in [-0.1, -0.05) is 36.0 Å². The number of carbonyl (C=O) groups is 1. The van der Waals surface area contributed by atoms with E-state index in [1.165, 1.54) is 12.1 Å². The number of aromatic amines is 1. The second kappa shape index (κ2) is 10.4. The molecule has 2 aromatic heterocycles. The van der Waals surface area contributed by atoms with Gasteiger partial charge in [-0.15, -0.1) is 0 Å². The molecule has 172 valence electrons. The van der Waals surface area contributed by atoms with E-state index in [9.17, 15) is 9.18 Å². The van der Waals surface area contributed by atoms with E-state index in [1.807, 2.05) is 60.7 Å². The zero-order chi connectivity index (χ0) is 24.0. The predicted octanol–water partition coefficient (Wildman–Crippen LogP) is 6.60. The molecular formula is C28H21FN4OS. The van der Waals surface area contributed by atoms with Crippen LogP contribution in [0.5, 0.6) is 0 Å². The van der Waals surface area contributed by atoms with Gasteiger partial charge in [-0.25, -0.2) is 4.39 Å². The Morgan fingerprint density at radius 3 is 2.69 bits per heavy atom. The van der Waals surface area contributed by atoms with Gasteiger partial charge in [0.15, 0.2) is 0 Å². The topological polar surface area (TPSA) is 70.7 Å². The lowest BCUT2D eigenvalue weighted by Crippen LogP contribution is -2.14. The predicted molar refractivity (Wildman–Crippen MR) is 139 cm³/mol. The minimum atomic E-state index is -0.348. The number of carbonyl (C=O) groups excluding carboxylic acids is 1. The molecule has 0 aliphatic heterocycles. The molecule has 0 atom stereocenters. The second-order valence-electron chi connectivity index (χ2n) is 7.89. The highest BCUT2D eigenvalue weighted by Crippen LogP contribution is 2.32. The van der Waals surface area contributed by atoms with Gasteiger partial charge >= 0.3 is 0 Å². The highest BCUT2D eigenvalue weighted by Gasteiger charge is 2.08. The number of amides is 1. The van der Waals surface area contributed by atoms with Crippen LogP contribution in [0.3, 0.4) is 0 Å². The van der Waals surface area contributed by atoms with Crippen molar-refractivity contribution in [1.29, 1.82) is 0 Å². The zero-order valence-corrected chi connectivity index (χ0v) is 19.4. The van der Waals surface area contributed by atoms with E-state index in [0.29, 0.717) is 11.3 Å². The SMILES string of the molecule is O=C(Cc1cccc(F)c1)Nc1cccc(Sc2ccc3c(/C=C/c4ccccn4)n[nH]c3c2)c1. The normalized spacial score (nSPS) is 11.2. The van der Waals surface area contributed by atoms with Gasteiger partial charge in [0.05, 0.1) is 23.3 Å². The molecule has 0 saturated heterocycles. The molecule has 0 aliphatic carbocycles. The average molecular weight is 481 g/mol. The van der Waals surface area contributed by atoms with Gasteiger partial charge in [-0.05, 0) is 78.4 Å². The Morgan fingerprint density at radius 1 is 0.943 bits per heavy atom. The molecule has 3 aromatic carbocycles. The number of nitrogens with zero attached hydrogens (tertiary/aromatic N) is 2. The second-order valence-corrected chi connectivity index (χ2v) is 9.04. The first-order valence-corrected chi connectivity index (χ1v) is 11.8. The van der Waals surface area contributed by atoms with E-state index < -0.39 is 0 Å². The van der Waals surface area contributed by atoms with Gasteiger partial charge in [0.25, 0.3) is 0 Å². The van der Waals surface area contributed by atoms with Crippen LogP contribution < -0.4 is 5.32 Å². The Labute approximate surface area is 206 Å². The summed E-state index contributed by atoms with van der Waals surface area (Å²) in [6.07, 6.45) is 5.76. The number of hydrogen-bond donors (Lipinski definition) is 2. The van der Waals surface area contributed by atoms with Crippen molar-refractivity contribution in [1.82, 2.24) is 15.2 Å². The largest absolute Gasteiger partial charge is 0.326 e. The molecule has 0 fully saturated rings. The van der Waals surface area contributed by atoms with E-state index in [4.69, 9.17) is 0 Å². The van der Waals surface area contributed by atoms with Gasteiger partial charge in [-0.3, -0.25) is 14.9 Å². The lowest BCUT2D eigenvalue weighted by Gasteiger charge is -2.08. The van der Waals surface area contributed by atoms with Crippen molar-refractivity contribution in [2.75, 3.05) is 5.32 Å². The van der Waals surface area contributed by atoms with Crippen molar-refractivity contribution in [3.63, 3.8) is 0 Å². The summed E-state index contributed by atoms with van der Waals surface area (Å²) in [5.41, 5.74) is 4.00. The molecule has 7 heteroatoms. The first-order chi connectivity index (χ1) is 17.1. The van der Waals surface area contributed by atoms with Gasteiger partial charge in [0.1, 0.15) is 5.82 Å². The molecule has 1 amide bonds.